The first-order valence-electron chi connectivity index (χ1n) is 8.10. The van der Waals surface area contributed by atoms with Crippen LogP contribution in [-0.4, -0.2) is 25.8 Å². The fourth-order valence-corrected chi connectivity index (χ4v) is 3.39. The standard InChI is InChI=1S/C19H17FN4O/c1-11-16(22-23-24(11)15-5-4-8-21-18(15)20)12-6-7-14-13(9-12)10-19(2,3)17(14)25/h4-9H,10H2,1-3H3. The molecule has 0 radical (unpaired) electrons. The van der Waals surface area contributed by atoms with Crippen LogP contribution in [0, 0.1) is 18.3 Å². The van der Waals surface area contributed by atoms with E-state index < -0.39 is 5.95 Å². The van der Waals surface area contributed by atoms with E-state index in [-0.39, 0.29) is 16.9 Å². The predicted molar refractivity (Wildman–Crippen MR) is 91.1 cm³/mol. The third-order valence-corrected chi connectivity index (χ3v) is 4.73. The van der Waals surface area contributed by atoms with Crippen LogP contribution in [0.1, 0.15) is 35.5 Å². The Kier molecular flexibility index (Phi) is 3.32. The van der Waals surface area contributed by atoms with Crippen LogP contribution in [0.15, 0.2) is 36.5 Å². The lowest BCUT2D eigenvalue weighted by Crippen LogP contribution is -2.18. The van der Waals surface area contributed by atoms with Crippen molar-refractivity contribution in [3.8, 4) is 16.9 Å². The topological polar surface area (TPSA) is 60.7 Å². The van der Waals surface area contributed by atoms with Gasteiger partial charge in [-0.15, -0.1) is 5.10 Å². The van der Waals surface area contributed by atoms with E-state index in [9.17, 15) is 9.18 Å². The summed E-state index contributed by atoms with van der Waals surface area (Å²) in [4.78, 5) is 16.0. The van der Waals surface area contributed by atoms with E-state index in [0.29, 0.717) is 12.1 Å². The fourth-order valence-electron chi connectivity index (χ4n) is 3.39. The van der Waals surface area contributed by atoms with Crippen molar-refractivity contribution >= 4 is 5.78 Å². The van der Waals surface area contributed by atoms with E-state index in [0.717, 1.165) is 22.4 Å². The van der Waals surface area contributed by atoms with Crippen molar-refractivity contribution in [1.82, 2.24) is 20.0 Å². The van der Waals surface area contributed by atoms with Gasteiger partial charge in [-0.1, -0.05) is 31.2 Å². The van der Waals surface area contributed by atoms with Gasteiger partial charge in [0.15, 0.2) is 5.78 Å². The quantitative estimate of drug-likeness (QED) is 0.672. The number of hydrogen-bond acceptors (Lipinski definition) is 4. The molecule has 5 nitrogen and oxygen atoms in total. The molecular formula is C19H17FN4O. The van der Waals surface area contributed by atoms with Crippen LogP contribution in [0.25, 0.3) is 16.9 Å². The zero-order valence-electron chi connectivity index (χ0n) is 14.2. The molecule has 2 aromatic heterocycles. The highest BCUT2D eigenvalue weighted by Crippen LogP contribution is 2.38. The number of rotatable bonds is 2. The smallest absolute Gasteiger partial charge is 0.238 e. The molecule has 126 valence electrons. The Morgan fingerprint density at radius 1 is 1.24 bits per heavy atom. The highest BCUT2D eigenvalue weighted by Gasteiger charge is 2.37. The maximum atomic E-state index is 13.9. The number of carbonyl (C=O) groups excluding carboxylic acids is 1. The number of hydrogen-bond donors (Lipinski definition) is 0. The van der Waals surface area contributed by atoms with Crippen LogP contribution in [0.4, 0.5) is 4.39 Å². The number of aromatic nitrogens is 4. The van der Waals surface area contributed by atoms with Crippen LogP contribution in [0.5, 0.6) is 0 Å². The van der Waals surface area contributed by atoms with Gasteiger partial charge < -0.3 is 0 Å². The maximum absolute atomic E-state index is 13.9. The lowest BCUT2D eigenvalue weighted by Gasteiger charge is -2.12. The van der Waals surface area contributed by atoms with Crippen LogP contribution in [0.2, 0.25) is 0 Å². The van der Waals surface area contributed by atoms with Crippen molar-refractivity contribution < 1.29 is 9.18 Å². The second-order valence-corrected chi connectivity index (χ2v) is 7.01. The van der Waals surface area contributed by atoms with Gasteiger partial charge >= 0.3 is 0 Å². The van der Waals surface area contributed by atoms with Crippen LogP contribution < -0.4 is 0 Å². The molecule has 0 N–H and O–H groups in total. The highest BCUT2D eigenvalue weighted by atomic mass is 19.1. The van der Waals surface area contributed by atoms with E-state index in [2.05, 4.69) is 15.3 Å². The number of benzene rings is 1. The summed E-state index contributed by atoms with van der Waals surface area (Å²) in [6, 6.07) is 8.98. The number of halogens is 1. The first-order chi connectivity index (χ1) is 11.9. The Balaban J connectivity index is 1.79. The average molecular weight is 336 g/mol. The van der Waals surface area contributed by atoms with Gasteiger partial charge in [0.25, 0.3) is 0 Å². The number of ketones is 1. The first kappa shape index (κ1) is 15.6. The van der Waals surface area contributed by atoms with Gasteiger partial charge in [0, 0.05) is 22.7 Å². The van der Waals surface area contributed by atoms with Crippen molar-refractivity contribution in [3.63, 3.8) is 0 Å². The molecule has 6 heteroatoms. The molecule has 0 bridgehead atoms. The molecule has 0 saturated heterocycles. The van der Waals surface area contributed by atoms with E-state index in [1.807, 2.05) is 39.0 Å². The SMILES string of the molecule is Cc1c(-c2ccc3c(c2)CC(C)(C)C3=O)nnn1-c1cccnc1F. The monoisotopic (exact) mass is 336 g/mol. The van der Waals surface area contributed by atoms with Crippen molar-refractivity contribution in [1.29, 1.82) is 0 Å². The molecule has 3 aromatic rings. The maximum Gasteiger partial charge on any atom is 0.238 e. The van der Waals surface area contributed by atoms with Crippen molar-refractivity contribution in [2.75, 3.05) is 0 Å². The Morgan fingerprint density at radius 2 is 2.04 bits per heavy atom. The van der Waals surface area contributed by atoms with Crippen molar-refractivity contribution in [3.05, 3.63) is 59.3 Å². The zero-order valence-corrected chi connectivity index (χ0v) is 14.2. The molecule has 0 atom stereocenters. The molecule has 2 heterocycles. The van der Waals surface area contributed by atoms with E-state index >= 15 is 0 Å². The normalized spacial score (nSPS) is 15.4. The van der Waals surface area contributed by atoms with E-state index in [4.69, 9.17) is 0 Å². The minimum absolute atomic E-state index is 0.173. The molecule has 0 fully saturated rings. The Bertz CT molecular complexity index is 1010. The molecule has 1 aliphatic carbocycles. The summed E-state index contributed by atoms with van der Waals surface area (Å²) in [5.74, 6) is -0.421. The zero-order chi connectivity index (χ0) is 17.8. The highest BCUT2D eigenvalue weighted by molar-refractivity contribution is 6.04. The van der Waals surface area contributed by atoms with Gasteiger partial charge in [-0.25, -0.2) is 9.67 Å². The molecule has 1 aliphatic rings. The number of nitrogens with zero attached hydrogens (tertiary/aromatic N) is 4. The second-order valence-electron chi connectivity index (χ2n) is 7.01. The average Bonchev–Trinajstić information content (AvgIpc) is 3.05. The Labute approximate surface area is 144 Å². The van der Waals surface area contributed by atoms with E-state index in [1.165, 1.54) is 10.9 Å². The predicted octanol–water partition coefficient (Wildman–Crippen LogP) is 3.54. The molecule has 25 heavy (non-hydrogen) atoms. The summed E-state index contributed by atoms with van der Waals surface area (Å²) in [6.45, 7) is 5.76. The van der Waals surface area contributed by atoms with Crippen molar-refractivity contribution in [2.45, 2.75) is 27.2 Å². The molecule has 0 amide bonds. The van der Waals surface area contributed by atoms with Gasteiger partial charge in [0.1, 0.15) is 11.4 Å². The summed E-state index contributed by atoms with van der Waals surface area (Å²) < 4.78 is 15.4. The number of Topliss-reactive ketones (excluding diaryl/α,β-unsaturated/α-hetero) is 1. The first-order valence-corrected chi connectivity index (χ1v) is 8.10. The molecule has 4 rings (SSSR count). The summed E-state index contributed by atoms with van der Waals surface area (Å²) in [5, 5.41) is 8.30. The Hall–Kier alpha value is -2.89. The molecule has 1 aromatic carbocycles. The van der Waals surface area contributed by atoms with Gasteiger partial charge in [-0.3, -0.25) is 4.79 Å². The van der Waals surface area contributed by atoms with E-state index in [1.54, 1.807) is 12.1 Å². The summed E-state index contributed by atoms with van der Waals surface area (Å²) >= 11 is 0. The lowest BCUT2D eigenvalue weighted by atomic mass is 9.89. The largest absolute Gasteiger partial charge is 0.294 e. The number of carbonyl (C=O) groups is 1. The third kappa shape index (κ3) is 2.36. The second kappa shape index (κ2) is 5.31. The lowest BCUT2D eigenvalue weighted by molar-refractivity contribution is 0.0863. The molecule has 0 unspecified atom stereocenters. The Morgan fingerprint density at radius 3 is 2.80 bits per heavy atom. The molecule has 0 saturated carbocycles. The third-order valence-electron chi connectivity index (χ3n) is 4.73. The van der Waals surface area contributed by atoms with Crippen LogP contribution >= 0.6 is 0 Å². The summed E-state index contributed by atoms with van der Waals surface area (Å²) in [7, 11) is 0. The minimum atomic E-state index is -0.594. The summed E-state index contributed by atoms with van der Waals surface area (Å²) in [5.41, 5.74) is 3.95. The van der Waals surface area contributed by atoms with Gasteiger partial charge in [0.2, 0.25) is 5.95 Å². The van der Waals surface area contributed by atoms with Crippen LogP contribution in [-0.2, 0) is 6.42 Å². The molecular weight excluding hydrogens is 319 g/mol. The van der Waals surface area contributed by atoms with Crippen molar-refractivity contribution in [2.24, 2.45) is 5.41 Å². The minimum Gasteiger partial charge on any atom is -0.294 e. The molecule has 0 spiro atoms. The summed E-state index contributed by atoms with van der Waals surface area (Å²) in [6.07, 6.45) is 2.10. The molecule has 0 aliphatic heterocycles. The van der Waals surface area contributed by atoms with Gasteiger partial charge in [0.05, 0.1) is 5.69 Å². The number of fused-ring (bicyclic) bond motifs is 1. The fraction of sp³-hybridized carbons (Fsp3) is 0.263. The van der Waals surface area contributed by atoms with Gasteiger partial charge in [-0.05, 0) is 37.1 Å². The number of pyridine rings is 1. The van der Waals surface area contributed by atoms with Crippen LogP contribution in [0.3, 0.4) is 0 Å². The van der Waals surface area contributed by atoms with Gasteiger partial charge in [-0.2, -0.15) is 4.39 Å².